The fraction of sp³-hybridized carbons (Fsp3) is 0.515. The average Bonchev–Trinajstić information content (AvgIpc) is 2.91. The summed E-state index contributed by atoms with van der Waals surface area (Å²) in [5.41, 5.74) is 3.87. The summed E-state index contributed by atoms with van der Waals surface area (Å²) in [6.07, 6.45) is 10.9. The number of hydrogen-bond donors (Lipinski definition) is 2. The van der Waals surface area contributed by atoms with E-state index < -0.39 is 0 Å². The van der Waals surface area contributed by atoms with Crippen LogP contribution in [0.1, 0.15) is 70.4 Å². The number of ether oxygens (including phenoxy) is 1. The molecule has 3 aliphatic carbocycles. The Morgan fingerprint density at radius 2 is 1.58 bits per heavy atom. The standard InChI is InChI=1S/C33H42O3/c1-6-8-22-10-12-28(34)24(18-22)25-19-23(9-7-2)11-13-29(25)36-33-17-15-30(35)32(5,21-33)16-14-26-27(33)20-31(26,3)4/h6-7,10-13,18-19,26-27,30,34-35H,1-2,8-9,14-17,20-21H2,3-5H3/t26-,27+,30+,32+,33-/m1/s1. The Hall–Kier alpha value is -2.52. The lowest BCUT2D eigenvalue weighted by Gasteiger charge is -2.59. The quantitative estimate of drug-likeness (QED) is 0.395. The van der Waals surface area contributed by atoms with E-state index in [0.717, 1.165) is 79.4 Å². The fourth-order valence-electron chi connectivity index (χ4n) is 7.71. The third-order valence-corrected chi connectivity index (χ3v) is 9.75. The molecule has 3 fully saturated rings. The van der Waals surface area contributed by atoms with E-state index in [0.29, 0.717) is 17.3 Å². The van der Waals surface area contributed by atoms with Crippen LogP contribution in [0.25, 0.3) is 11.1 Å². The minimum absolute atomic E-state index is 0.124. The Balaban J connectivity index is 1.61. The number of rotatable bonds is 7. The molecule has 0 aromatic heterocycles. The van der Waals surface area contributed by atoms with E-state index in [1.54, 1.807) is 6.07 Å². The molecule has 5 rings (SSSR count). The number of phenolic OH excluding ortho intramolecular Hbond substituents is 1. The molecule has 0 spiro atoms. The van der Waals surface area contributed by atoms with Crippen LogP contribution in [0.5, 0.6) is 11.5 Å². The molecule has 36 heavy (non-hydrogen) atoms. The molecular formula is C33H42O3. The summed E-state index contributed by atoms with van der Waals surface area (Å²) in [7, 11) is 0. The van der Waals surface area contributed by atoms with Crippen LogP contribution in [-0.4, -0.2) is 21.9 Å². The number of aromatic hydroxyl groups is 1. The number of hydrogen-bond acceptors (Lipinski definition) is 3. The van der Waals surface area contributed by atoms with Gasteiger partial charge in [0, 0.05) is 17.0 Å². The zero-order valence-corrected chi connectivity index (χ0v) is 22.2. The van der Waals surface area contributed by atoms with Crippen LogP contribution in [0.4, 0.5) is 0 Å². The molecule has 2 N–H and O–H groups in total. The van der Waals surface area contributed by atoms with Gasteiger partial charge in [-0.1, -0.05) is 45.1 Å². The molecule has 0 amide bonds. The molecule has 2 aromatic carbocycles. The van der Waals surface area contributed by atoms with Crippen LogP contribution in [-0.2, 0) is 12.8 Å². The van der Waals surface area contributed by atoms with E-state index in [1.165, 1.54) is 0 Å². The second-order valence-electron chi connectivity index (χ2n) is 12.7. The first-order valence-electron chi connectivity index (χ1n) is 13.6. The van der Waals surface area contributed by atoms with Gasteiger partial charge in [0.05, 0.1) is 6.10 Å². The highest BCUT2D eigenvalue weighted by atomic mass is 16.5. The van der Waals surface area contributed by atoms with Crippen LogP contribution in [0.15, 0.2) is 61.7 Å². The first kappa shape index (κ1) is 25.1. The molecule has 0 heterocycles. The zero-order valence-electron chi connectivity index (χ0n) is 22.2. The highest BCUT2D eigenvalue weighted by Gasteiger charge is 2.63. The molecule has 5 atom stereocenters. The molecule has 0 unspecified atom stereocenters. The third-order valence-electron chi connectivity index (χ3n) is 9.75. The maximum absolute atomic E-state index is 11.0. The predicted octanol–water partition coefficient (Wildman–Crippen LogP) is 7.64. The predicted molar refractivity (Wildman–Crippen MR) is 147 cm³/mol. The second-order valence-corrected chi connectivity index (χ2v) is 12.7. The first-order valence-corrected chi connectivity index (χ1v) is 13.6. The van der Waals surface area contributed by atoms with E-state index in [1.807, 2.05) is 18.2 Å². The number of phenols is 1. The number of aliphatic hydroxyl groups is 1. The van der Waals surface area contributed by atoms with Gasteiger partial charge in [-0.15, -0.1) is 13.2 Å². The maximum atomic E-state index is 11.0. The van der Waals surface area contributed by atoms with E-state index in [-0.39, 0.29) is 22.9 Å². The minimum Gasteiger partial charge on any atom is -0.507 e. The van der Waals surface area contributed by atoms with E-state index in [2.05, 4.69) is 58.2 Å². The van der Waals surface area contributed by atoms with Crippen molar-refractivity contribution in [2.75, 3.05) is 0 Å². The molecule has 2 aromatic rings. The van der Waals surface area contributed by atoms with Crippen LogP contribution in [0, 0.1) is 22.7 Å². The molecule has 192 valence electrons. The van der Waals surface area contributed by atoms with Crippen molar-refractivity contribution in [3.63, 3.8) is 0 Å². The normalized spacial score (nSPS) is 32.5. The molecule has 3 nitrogen and oxygen atoms in total. The van der Waals surface area contributed by atoms with Crippen molar-refractivity contribution < 1.29 is 14.9 Å². The van der Waals surface area contributed by atoms with E-state index in [4.69, 9.17) is 4.74 Å². The molecular weight excluding hydrogens is 444 g/mol. The summed E-state index contributed by atoms with van der Waals surface area (Å²) in [4.78, 5) is 0. The van der Waals surface area contributed by atoms with Crippen LogP contribution in [0.3, 0.4) is 0 Å². The molecule has 0 radical (unpaired) electrons. The number of aliphatic hydroxyl groups excluding tert-OH is 1. The van der Waals surface area contributed by atoms with Crippen LogP contribution >= 0.6 is 0 Å². The van der Waals surface area contributed by atoms with Gasteiger partial charge in [0.1, 0.15) is 17.1 Å². The zero-order chi connectivity index (χ0) is 25.7. The lowest BCUT2D eigenvalue weighted by atomic mass is 9.49. The van der Waals surface area contributed by atoms with Gasteiger partial charge >= 0.3 is 0 Å². The van der Waals surface area contributed by atoms with Gasteiger partial charge in [-0.3, -0.25) is 0 Å². The fourth-order valence-corrected chi connectivity index (χ4v) is 7.71. The molecule has 3 aliphatic rings. The Labute approximate surface area is 216 Å². The molecule has 3 saturated carbocycles. The van der Waals surface area contributed by atoms with Gasteiger partial charge < -0.3 is 14.9 Å². The van der Waals surface area contributed by atoms with Crippen molar-refractivity contribution in [1.82, 2.24) is 0 Å². The smallest absolute Gasteiger partial charge is 0.128 e. The van der Waals surface area contributed by atoms with Crippen molar-refractivity contribution in [3.05, 3.63) is 72.8 Å². The average molecular weight is 487 g/mol. The van der Waals surface area contributed by atoms with Crippen molar-refractivity contribution in [2.24, 2.45) is 22.7 Å². The number of benzene rings is 2. The van der Waals surface area contributed by atoms with Gasteiger partial charge in [-0.05, 0) is 104 Å². The maximum Gasteiger partial charge on any atom is 0.128 e. The van der Waals surface area contributed by atoms with Gasteiger partial charge in [0.25, 0.3) is 0 Å². The Bertz CT molecular complexity index is 1160. The van der Waals surface area contributed by atoms with E-state index >= 15 is 0 Å². The van der Waals surface area contributed by atoms with Crippen molar-refractivity contribution in [1.29, 1.82) is 0 Å². The molecule has 2 bridgehead atoms. The van der Waals surface area contributed by atoms with Crippen LogP contribution in [0.2, 0.25) is 0 Å². The lowest BCUT2D eigenvalue weighted by Crippen LogP contribution is -2.60. The van der Waals surface area contributed by atoms with Crippen LogP contribution < -0.4 is 4.74 Å². The highest BCUT2D eigenvalue weighted by Crippen LogP contribution is 2.66. The van der Waals surface area contributed by atoms with Gasteiger partial charge in [0.15, 0.2) is 0 Å². The van der Waals surface area contributed by atoms with Crippen molar-refractivity contribution >= 4 is 0 Å². The van der Waals surface area contributed by atoms with Crippen molar-refractivity contribution in [2.45, 2.75) is 83.8 Å². The first-order chi connectivity index (χ1) is 17.1. The SMILES string of the molecule is C=CCc1ccc(O)c(-c2cc(CC=C)ccc2O[C@@]23CC[C@H](O)[C@@](C)(CC[C@@H]4[C@@H]2CC4(C)C)C3)c1. The van der Waals surface area contributed by atoms with Crippen molar-refractivity contribution in [3.8, 4) is 22.6 Å². The Morgan fingerprint density at radius 1 is 0.917 bits per heavy atom. The Morgan fingerprint density at radius 3 is 2.25 bits per heavy atom. The largest absolute Gasteiger partial charge is 0.507 e. The summed E-state index contributed by atoms with van der Waals surface area (Å²) in [5.74, 6) is 2.19. The van der Waals surface area contributed by atoms with E-state index in [9.17, 15) is 10.2 Å². The summed E-state index contributed by atoms with van der Waals surface area (Å²) >= 11 is 0. The number of fused-ring (bicyclic) bond motifs is 4. The molecule has 0 saturated heterocycles. The van der Waals surface area contributed by atoms with Gasteiger partial charge in [0.2, 0.25) is 0 Å². The Kier molecular flexibility index (Phi) is 6.35. The van der Waals surface area contributed by atoms with Gasteiger partial charge in [-0.2, -0.15) is 0 Å². The monoisotopic (exact) mass is 486 g/mol. The lowest BCUT2D eigenvalue weighted by molar-refractivity contribution is -0.162. The summed E-state index contributed by atoms with van der Waals surface area (Å²) in [6.45, 7) is 14.9. The summed E-state index contributed by atoms with van der Waals surface area (Å²) in [5, 5.41) is 22.0. The molecule has 0 aliphatic heterocycles. The van der Waals surface area contributed by atoms with Gasteiger partial charge in [-0.25, -0.2) is 0 Å². The minimum atomic E-state index is -0.298. The topological polar surface area (TPSA) is 49.7 Å². The summed E-state index contributed by atoms with van der Waals surface area (Å²) in [6, 6.07) is 12.2. The summed E-state index contributed by atoms with van der Waals surface area (Å²) < 4.78 is 7.24. The number of allylic oxidation sites excluding steroid dienone is 2. The second kappa shape index (κ2) is 9.10. The highest BCUT2D eigenvalue weighted by molar-refractivity contribution is 5.77. The molecule has 3 heteroatoms. The third kappa shape index (κ3) is 4.20.